The van der Waals surface area contributed by atoms with E-state index in [4.69, 9.17) is 14.6 Å². The second kappa shape index (κ2) is 9.82. The van der Waals surface area contributed by atoms with Crippen LogP contribution in [0.25, 0.3) is 11.1 Å². The smallest absolute Gasteiger partial charge is 0.407 e. The van der Waals surface area contributed by atoms with Gasteiger partial charge in [0.05, 0.1) is 0 Å². The fraction of sp³-hybridized carbons (Fsp3) is 0.375. The van der Waals surface area contributed by atoms with Crippen LogP contribution in [0.5, 0.6) is 0 Å². The molecule has 0 radical (unpaired) electrons. The van der Waals surface area contributed by atoms with Crippen LogP contribution in [-0.2, 0) is 19.1 Å². The number of hydrogen-bond acceptors (Lipinski definition) is 5. The van der Waals surface area contributed by atoms with Gasteiger partial charge in [0, 0.05) is 38.0 Å². The van der Waals surface area contributed by atoms with Gasteiger partial charge in [-0.15, -0.1) is 0 Å². The minimum absolute atomic E-state index is 0.0211. The number of carboxylic acid groups (broad SMARTS) is 1. The number of carboxylic acids is 1. The number of aliphatic carboxylic acids is 1. The Balaban J connectivity index is 1.20. The zero-order valence-corrected chi connectivity index (χ0v) is 17.6. The van der Waals surface area contributed by atoms with E-state index in [1.54, 1.807) is 0 Å². The fourth-order valence-corrected chi connectivity index (χ4v) is 4.38. The van der Waals surface area contributed by atoms with E-state index in [1.807, 2.05) is 24.3 Å². The number of alkyl carbamates (subject to hydrolysis) is 1. The van der Waals surface area contributed by atoms with Crippen molar-refractivity contribution in [3.63, 3.8) is 0 Å². The average molecular weight is 438 g/mol. The van der Waals surface area contributed by atoms with Crippen LogP contribution in [0, 0.1) is 5.92 Å². The summed E-state index contributed by atoms with van der Waals surface area (Å²) in [5, 5.41) is 14.4. The largest absolute Gasteiger partial charge is 0.479 e. The van der Waals surface area contributed by atoms with Crippen molar-refractivity contribution in [3.05, 3.63) is 59.7 Å². The SMILES string of the molecule is O=C(CCNC(=O)OCC1c2ccccc2-c2ccccc21)NCC1CCOC1C(=O)O. The number of rotatable bonds is 8. The second-order valence-electron chi connectivity index (χ2n) is 7.98. The van der Waals surface area contributed by atoms with Crippen LogP contribution in [0.15, 0.2) is 48.5 Å². The molecule has 2 aromatic rings. The molecule has 1 saturated heterocycles. The number of carbonyl (C=O) groups excluding carboxylic acids is 2. The monoisotopic (exact) mass is 438 g/mol. The molecular weight excluding hydrogens is 412 g/mol. The minimum Gasteiger partial charge on any atom is -0.479 e. The summed E-state index contributed by atoms with van der Waals surface area (Å²) in [5.41, 5.74) is 4.59. The number of amides is 2. The molecule has 1 fully saturated rings. The van der Waals surface area contributed by atoms with Crippen LogP contribution in [-0.4, -0.2) is 55.5 Å². The van der Waals surface area contributed by atoms with E-state index in [1.165, 1.54) is 0 Å². The molecule has 168 valence electrons. The van der Waals surface area contributed by atoms with E-state index >= 15 is 0 Å². The Kier molecular flexibility index (Phi) is 6.70. The fourth-order valence-electron chi connectivity index (χ4n) is 4.38. The molecule has 8 nitrogen and oxygen atoms in total. The van der Waals surface area contributed by atoms with Crippen molar-refractivity contribution in [3.8, 4) is 11.1 Å². The first-order valence-electron chi connectivity index (χ1n) is 10.7. The van der Waals surface area contributed by atoms with Gasteiger partial charge in [0.15, 0.2) is 6.10 Å². The van der Waals surface area contributed by atoms with E-state index in [2.05, 4.69) is 34.9 Å². The van der Waals surface area contributed by atoms with E-state index in [0.717, 1.165) is 22.3 Å². The van der Waals surface area contributed by atoms with Gasteiger partial charge in [-0.2, -0.15) is 0 Å². The molecule has 2 unspecified atom stereocenters. The zero-order chi connectivity index (χ0) is 22.5. The summed E-state index contributed by atoms with van der Waals surface area (Å²) in [6.07, 6.45) is -0.783. The van der Waals surface area contributed by atoms with E-state index in [0.29, 0.717) is 13.0 Å². The summed E-state index contributed by atoms with van der Waals surface area (Å²) in [6, 6.07) is 16.2. The third-order valence-electron chi connectivity index (χ3n) is 5.98. The number of ether oxygens (including phenoxy) is 2. The highest BCUT2D eigenvalue weighted by Gasteiger charge is 2.34. The highest BCUT2D eigenvalue weighted by atomic mass is 16.5. The molecule has 0 saturated carbocycles. The lowest BCUT2D eigenvalue weighted by molar-refractivity contribution is -0.149. The summed E-state index contributed by atoms with van der Waals surface area (Å²) in [6.45, 7) is 0.956. The summed E-state index contributed by atoms with van der Waals surface area (Å²) in [5.74, 6) is -1.54. The van der Waals surface area contributed by atoms with Gasteiger partial charge >= 0.3 is 12.1 Å². The van der Waals surface area contributed by atoms with Gasteiger partial charge in [-0.3, -0.25) is 4.79 Å². The lowest BCUT2D eigenvalue weighted by atomic mass is 9.98. The summed E-state index contributed by atoms with van der Waals surface area (Å²) < 4.78 is 10.6. The van der Waals surface area contributed by atoms with Crippen molar-refractivity contribution in [2.45, 2.75) is 24.9 Å². The predicted molar refractivity (Wildman–Crippen MR) is 116 cm³/mol. The number of nitrogens with one attached hydrogen (secondary N) is 2. The molecule has 2 aliphatic rings. The Morgan fingerprint density at radius 2 is 1.66 bits per heavy atom. The van der Waals surface area contributed by atoms with Crippen LogP contribution < -0.4 is 10.6 Å². The first-order chi connectivity index (χ1) is 15.5. The lowest BCUT2D eigenvalue weighted by Crippen LogP contribution is -2.37. The van der Waals surface area contributed by atoms with Crippen molar-refractivity contribution in [2.75, 3.05) is 26.3 Å². The van der Waals surface area contributed by atoms with Gasteiger partial charge < -0.3 is 25.2 Å². The highest BCUT2D eigenvalue weighted by Crippen LogP contribution is 2.44. The zero-order valence-electron chi connectivity index (χ0n) is 17.6. The Hall–Kier alpha value is -3.39. The summed E-state index contributed by atoms with van der Waals surface area (Å²) >= 11 is 0. The number of benzene rings is 2. The van der Waals surface area contributed by atoms with Crippen LogP contribution >= 0.6 is 0 Å². The molecule has 0 aromatic heterocycles. The average Bonchev–Trinajstić information content (AvgIpc) is 3.39. The molecule has 1 aliphatic carbocycles. The maximum atomic E-state index is 12.1. The normalized spacial score (nSPS) is 19.1. The van der Waals surface area contributed by atoms with E-state index in [-0.39, 0.29) is 43.9 Å². The molecule has 2 amide bonds. The topological polar surface area (TPSA) is 114 Å². The Labute approximate surface area is 185 Å². The molecular formula is C24H26N2O6. The second-order valence-corrected chi connectivity index (χ2v) is 7.98. The molecule has 2 atom stereocenters. The van der Waals surface area contributed by atoms with Gasteiger partial charge in [0.1, 0.15) is 6.61 Å². The van der Waals surface area contributed by atoms with E-state index < -0.39 is 18.2 Å². The molecule has 0 spiro atoms. The first kappa shape index (κ1) is 21.8. The maximum Gasteiger partial charge on any atom is 0.407 e. The maximum absolute atomic E-state index is 12.1. The van der Waals surface area contributed by atoms with Crippen LogP contribution in [0.4, 0.5) is 4.79 Å². The third kappa shape index (κ3) is 4.75. The number of carbonyl (C=O) groups is 3. The van der Waals surface area contributed by atoms with Gasteiger partial charge in [-0.1, -0.05) is 48.5 Å². The molecule has 32 heavy (non-hydrogen) atoms. The van der Waals surface area contributed by atoms with Crippen LogP contribution in [0.2, 0.25) is 0 Å². The van der Waals surface area contributed by atoms with Crippen molar-refractivity contribution in [2.24, 2.45) is 5.92 Å². The number of fused-ring (bicyclic) bond motifs is 3. The minimum atomic E-state index is -1.02. The quantitative estimate of drug-likeness (QED) is 0.584. The molecule has 1 heterocycles. The third-order valence-corrected chi connectivity index (χ3v) is 5.98. The molecule has 1 aliphatic heterocycles. The summed E-state index contributed by atoms with van der Waals surface area (Å²) in [7, 11) is 0. The van der Waals surface area contributed by atoms with Crippen LogP contribution in [0.3, 0.4) is 0 Å². The van der Waals surface area contributed by atoms with Gasteiger partial charge in [0.25, 0.3) is 0 Å². The standard InChI is InChI=1S/C24H26N2O6/c27-21(26-13-15-10-12-31-22(15)23(28)29)9-11-25-24(30)32-14-20-18-7-3-1-5-16(18)17-6-2-4-8-19(17)20/h1-8,15,20,22H,9-14H2,(H,25,30)(H,26,27)(H,28,29). The highest BCUT2D eigenvalue weighted by molar-refractivity contribution is 5.79. The Morgan fingerprint density at radius 3 is 2.31 bits per heavy atom. The molecule has 8 heteroatoms. The molecule has 3 N–H and O–H groups in total. The van der Waals surface area contributed by atoms with Crippen LogP contribution in [0.1, 0.15) is 29.9 Å². The van der Waals surface area contributed by atoms with E-state index in [9.17, 15) is 14.4 Å². The lowest BCUT2D eigenvalue weighted by Gasteiger charge is -2.16. The van der Waals surface area contributed by atoms with Crippen molar-refractivity contribution >= 4 is 18.0 Å². The summed E-state index contributed by atoms with van der Waals surface area (Å²) in [4.78, 5) is 35.2. The van der Waals surface area contributed by atoms with Crippen molar-refractivity contribution in [1.29, 1.82) is 0 Å². The number of hydrogen-bond donors (Lipinski definition) is 3. The Bertz CT molecular complexity index is 962. The molecule has 0 bridgehead atoms. The molecule has 2 aromatic carbocycles. The van der Waals surface area contributed by atoms with Gasteiger partial charge in [-0.05, 0) is 28.7 Å². The Morgan fingerprint density at radius 1 is 1.00 bits per heavy atom. The first-order valence-corrected chi connectivity index (χ1v) is 10.7. The van der Waals surface area contributed by atoms with Crippen molar-refractivity contribution < 1.29 is 29.0 Å². The van der Waals surface area contributed by atoms with Gasteiger partial charge in [-0.25, -0.2) is 9.59 Å². The van der Waals surface area contributed by atoms with Gasteiger partial charge in [0.2, 0.25) is 5.91 Å². The van der Waals surface area contributed by atoms with Crippen molar-refractivity contribution in [1.82, 2.24) is 10.6 Å². The predicted octanol–water partition coefficient (Wildman–Crippen LogP) is 2.52. The molecule has 4 rings (SSSR count).